The van der Waals surface area contributed by atoms with E-state index in [-0.39, 0.29) is 0 Å². The van der Waals surface area contributed by atoms with Gasteiger partial charge in [-0.3, -0.25) is 10.1 Å². The van der Waals surface area contributed by atoms with Crippen LogP contribution in [0.3, 0.4) is 0 Å². The second kappa shape index (κ2) is 3.86. The molecule has 0 aromatic heterocycles. The molecule has 0 radical (unpaired) electrons. The van der Waals surface area contributed by atoms with Gasteiger partial charge in [0.05, 0.1) is 0 Å². The first kappa shape index (κ1) is 10.3. The van der Waals surface area contributed by atoms with Crippen LogP contribution in [0.1, 0.15) is 11.1 Å². The summed E-state index contributed by atoms with van der Waals surface area (Å²) < 4.78 is 0. The van der Waals surface area contributed by atoms with Crippen molar-refractivity contribution in [1.82, 2.24) is 5.32 Å². The Labute approximate surface area is 99.1 Å². The SMILES string of the molecule is O=C(O)C1Cc2ccc3ccccc3c2CN1. The van der Waals surface area contributed by atoms with E-state index in [0.29, 0.717) is 13.0 Å². The highest BCUT2D eigenvalue weighted by atomic mass is 16.4. The molecule has 0 bridgehead atoms. The van der Waals surface area contributed by atoms with Crippen molar-refractivity contribution in [2.75, 3.05) is 0 Å². The molecule has 2 aromatic carbocycles. The van der Waals surface area contributed by atoms with E-state index in [4.69, 9.17) is 5.11 Å². The van der Waals surface area contributed by atoms with Crippen molar-refractivity contribution in [3.8, 4) is 0 Å². The molecular formula is C14H13NO2. The van der Waals surface area contributed by atoms with Crippen LogP contribution in [-0.2, 0) is 17.8 Å². The van der Waals surface area contributed by atoms with Gasteiger partial charge in [-0.1, -0.05) is 36.4 Å². The minimum Gasteiger partial charge on any atom is -0.480 e. The lowest BCUT2D eigenvalue weighted by Gasteiger charge is -2.24. The average molecular weight is 227 g/mol. The first-order chi connectivity index (χ1) is 8.25. The van der Waals surface area contributed by atoms with Crippen LogP contribution < -0.4 is 5.32 Å². The van der Waals surface area contributed by atoms with Crippen LogP contribution in [0.2, 0.25) is 0 Å². The number of carboxylic acid groups (broad SMARTS) is 1. The van der Waals surface area contributed by atoms with Crippen molar-refractivity contribution in [2.45, 2.75) is 19.0 Å². The van der Waals surface area contributed by atoms with Gasteiger partial charge in [0.1, 0.15) is 6.04 Å². The Morgan fingerprint density at radius 1 is 1.24 bits per heavy atom. The summed E-state index contributed by atoms with van der Waals surface area (Å²) in [7, 11) is 0. The molecule has 1 aliphatic heterocycles. The number of carboxylic acids is 1. The van der Waals surface area contributed by atoms with Gasteiger partial charge in [0.2, 0.25) is 0 Å². The van der Waals surface area contributed by atoms with E-state index >= 15 is 0 Å². The molecule has 3 heteroatoms. The highest BCUT2D eigenvalue weighted by molar-refractivity contribution is 5.87. The summed E-state index contributed by atoms with van der Waals surface area (Å²) >= 11 is 0. The third-order valence-electron chi connectivity index (χ3n) is 3.38. The zero-order valence-electron chi connectivity index (χ0n) is 9.31. The number of benzene rings is 2. The molecule has 3 rings (SSSR count). The number of rotatable bonds is 1. The zero-order valence-corrected chi connectivity index (χ0v) is 9.31. The molecule has 0 spiro atoms. The molecule has 1 aliphatic rings. The first-order valence-corrected chi connectivity index (χ1v) is 5.71. The average Bonchev–Trinajstić information content (AvgIpc) is 2.38. The summed E-state index contributed by atoms with van der Waals surface area (Å²) in [4.78, 5) is 11.0. The number of carbonyl (C=O) groups is 1. The Morgan fingerprint density at radius 2 is 2.06 bits per heavy atom. The molecule has 1 atom stereocenters. The van der Waals surface area contributed by atoms with Crippen molar-refractivity contribution in [2.24, 2.45) is 0 Å². The predicted molar refractivity (Wildman–Crippen MR) is 65.9 cm³/mol. The van der Waals surface area contributed by atoms with Crippen LogP contribution in [0.5, 0.6) is 0 Å². The summed E-state index contributed by atoms with van der Waals surface area (Å²) in [5, 5.41) is 14.5. The molecule has 0 aliphatic carbocycles. The summed E-state index contributed by atoms with van der Waals surface area (Å²) in [6.07, 6.45) is 0.565. The fraction of sp³-hybridized carbons (Fsp3) is 0.214. The molecule has 86 valence electrons. The molecule has 2 N–H and O–H groups in total. The van der Waals surface area contributed by atoms with E-state index in [1.54, 1.807) is 0 Å². The normalized spacial score (nSPS) is 18.9. The monoisotopic (exact) mass is 227 g/mol. The Kier molecular flexibility index (Phi) is 2.34. The van der Waals surface area contributed by atoms with Gasteiger partial charge in [-0.25, -0.2) is 0 Å². The van der Waals surface area contributed by atoms with Gasteiger partial charge >= 0.3 is 5.97 Å². The van der Waals surface area contributed by atoms with Crippen LogP contribution in [0.15, 0.2) is 36.4 Å². The van der Waals surface area contributed by atoms with Crippen LogP contribution >= 0.6 is 0 Å². The number of nitrogens with one attached hydrogen (secondary N) is 1. The zero-order chi connectivity index (χ0) is 11.8. The Balaban J connectivity index is 2.11. The molecule has 3 nitrogen and oxygen atoms in total. The third kappa shape index (κ3) is 1.68. The van der Waals surface area contributed by atoms with E-state index in [1.807, 2.05) is 12.1 Å². The lowest BCUT2D eigenvalue weighted by molar-refractivity contribution is -0.139. The minimum atomic E-state index is -0.774. The number of hydrogen-bond acceptors (Lipinski definition) is 2. The van der Waals surface area contributed by atoms with E-state index in [9.17, 15) is 4.79 Å². The van der Waals surface area contributed by atoms with Gasteiger partial charge in [-0.15, -0.1) is 0 Å². The molecule has 0 amide bonds. The summed E-state index contributed by atoms with van der Waals surface area (Å²) in [5.74, 6) is -0.774. The van der Waals surface area contributed by atoms with Crippen molar-refractivity contribution >= 4 is 16.7 Å². The largest absolute Gasteiger partial charge is 0.480 e. The van der Waals surface area contributed by atoms with Crippen molar-refractivity contribution in [3.63, 3.8) is 0 Å². The maximum absolute atomic E-state index is 11.0. The Morgan fingerprint density at radius 3 is 2.88 bits per heavy atom. The van der Waals surface area contributed by atoms with Gasteiger partial charge in [0.25, 0.3) is 0 Å². The summed E-state index contributed by atoms with van der Waals surface area (Å²) in [6.45, 7) is 0.633. The molecule has 1 unspecified atom stereocenters. The summed E-state index contributed by atoms with van der Waals surface area (Å²) in [6, 6.07) is 11.9. The molecular weight excluding hydrogens is 214 g/mol. The fourth-order valence-corrected chi connectivity index (χ4v) is 2.47. The molecule has 0 fully saturated rings. The lowest BCUT2D eigenvalue weighted by atomic mass is 9.91. The third-order valence-corrected chi connectivity index (χ3v) is 3.38. The van der Waals surface area contributed by atoms with Crippen molar-refractivity contribution < 1.29 is 9.90 Å². The molecule has 2 aromatic rings. The quantitative estimate of drug-likeness (QED) is 0.782. The second-order valence-corrected chi connectivity index (χ2v) is 4.40. The first-order valence-electron chi connectivity index (χ1n) is 5.71. The maximum Gasteiger partial charge on any atom is 0.321 e. The smallest absolute Gasteiger partial charge is 0.321 e. The van der Waals surface area contributed by atoms with Crippen LogP contribution in [0.4, 0.5) is 0 Å². The van der Waals surface area contributed by atoms with Crippen molar-refractivity contribution in [3.05, 3.63) is 47.5 Å². The number of fused-ring (bicyclic) bond motifs is 3. The van der Waals surface area contributed by atoms with Crippen LogP contribution in [-0.4, -0.2) is 17.1 Å². The van der Waals surface area contributed by atoms with Crippen molar-refractivity contribution in [1.29, 1.82) is 0 Å². The highest BCUT2D eigenvalue weighted by Gasteiger charge is 2.24. The molecule has 0 saturated heterocycles. The van der Waals surface area contributed by atoms with Gasteiger partial charge < -0.3 is 5.11 Å². The fourth-order valence-electron chi connectivity index (χ4n) is 2.47. The predicted octanol–water partition coefficient (Wildman–Crippen LogP) is 1.94. The van der Waals surface area contributed by atoms with Gasteiger partial charge in [0, 0.05) is 6.54 Å². The lowest BCUT2D eigenvalue weighted by Crippen LogP contribution is -2.41. The maximum atomic E-state index is 11.0. The standard InChI is InChI=1S/C14H13NO2/c16-14(17)13-7-10-6-5-9-3-1-2-4-11(9)12(10)8-15-13/h1-6,13,15H,7-8H2,(H,16,17). The number of aliphatic carboxylic acids is 1. The van der Waals surface area contributed by atoms with Crippen LogP contribution in [0.25, 0.3) is 10.8 Å². The summed E-state index contributed by atoms with van der Waals surface area (Å²) in [5.41, 5.74) is 2.38. The molecule has 17 heavy (non-hydrogen) atoms. The second-order valence-electron chi connectivity index (χ2n) is 4.40. The highest BCUT2D eigenvalue weighted by Crippen LogP contribution is 2.26. The van der Waals surface area contributed by atoms with Gasteiger partial charge in [-0.05, 0) is 28.3 Å². The van der Waals surface area contributed by atoms with Crippen LogP contribution in [0, 0.1) is 0 Å². The van der Waals surface area contributed by atoms with E-state index in [2.05, 4.69) is 29.6 Å². The van der Waals surface area contributed by atoms with Gasteiger partial charge in [-0.2, -0.15) is 0 Å². The Bertz CT molecular complexity index is 592. The van der Waals surface area contributed by atoms with Gasteiger partial charge in [0.15, 0.2) is 0 Å². The van der Waals surface area contributed by atoms with E-state index in [0.717, 1.165) is 5.56 Å². The molecule has 0 saturated carbocycles. The molecule has 1 heterocycles. The number of hydrogen-bond donors (Lipinski definition) is 2. The van der Waals surface area contributed by atoms with E-state index < -0.39 is 12.0 Å². The van der Waals surface area contributed by atoms with E-state index in [1.165, 1.54) is 16.3 Å². The minimum absolute atomic E-state index is 0.455. The topological polar surface area (TPSA) is 49.3 Å². The Hall–Kier alpha value is -1.87.